The Morgan fingerprint density at radius 2 is 1.92 bits per heavy atom. The number of hydrogen-bond acceptors (Lipinski definition) is 5. The number of carbonyl (C=O) groups is 1. The van der Waals surface area contributed by atoms with Gasteiger partial charge in [0, 0.05) is 26.1 Å². The molecule has 2 aliphatic heterocycles. The first-order valence-corrected chi connectivity index (χ1v) is 8.40. The quantitative estimate of drug-likeness (QED) is 0.760. The van der Waals surface area contributed by atoms with Gasteiger partial charge in [0.1, 0.15) is 6.10 Å². The molecule has 0 aliphatic carbocycles. The lowest BCUT2D eigenvalue weighted by Crippen LogP contribution is -2.41. The van der Waals surface area contributed by atoms with Gasteiger partial charge in [-0.2, -0.15) is 13.2 Å². The van der Waals surface area contributed by atoms with Crippen molar-refractivity contribution in [3.8, 4) is 0 Å². The van der Waals surface area contributed by atoms with Gasteiger partial charge in [-0.3, -0.25) is 4.79 Å². The van der Waals surface area contributed by atoms with Gasteiger partial charge in [0.2, 0.25) is 0 Å². The Labute approximate surface area is 149 Å². The summed E-state index contributed by atoms with van der Waals surface area (Å²) in [7, 11) is 1.36. The Bertz CT molecular complexity index is 679. The van der Waals surface area contributed by atoms with Crippen LogP contribution in [0, 0.1) is 5.41 Å². The van der Waals surface area contributed by atoms with Crippen LogP contribution in [-0.2, 0) is 25.3 Å². The van der Waals surface area contributed by atoms with Crippen molar-refractivity contribution in [1.29, 1.82) is 0 Å². The molecule has 26 heavy (non-hydrogen) atoms. The van der Waals surface area contributed by atoms with Gasteiger partial charge >= 0.3 is 12.1 Å². The van der Waals surface area contributed by atoms with Crippen molar-refractivity contribution < 1.29 is 32.3 Å². The van der Waals surface area contributed by atoms with Crippen LogP contribution in [0.3, 0.4) is 0 Å². The number of oxime groups is 1. The fraction of sp³-hybridized carbons (Fsp3) is 0.556. The third-order valence-electron chi connectivity index (χ3n) is 4.97. The zero-order chi connectivity index (χ0) is 18.8. The molecule has 0 bridgehead atoms. The molecule has 0 N–H and O–H groups in total. The standard InChI is InChI=1S/C18H20F3NO4/c1-24-16(23)17(6-8-25-9-7-17)11-14-10-15(22-26-14)12-2-4-13(5-3-12)18(19,20)21/h2-5,14H,6-11H2,1H3. The molecule has 0 aromatic heterocycles. The molecule has 2 aliphatic rings. The normalized spacial score (nSPS) is 22.5. The van der Waals surface area contributed by atoms with Crippen LogP contribution in [0.15, 0.2) is 29.4 Å². The van der Waals surface area contributed by atoms with Crippen LogP contribution in [-0.4, -0.2) is 38.1 Å². The van der Waals surface area contributed by atoms with Crippen molar-refractivity contribution in [2.75, 3.05) is 20.3 Å². The topological polar surface area (TPSA) is 57.1 Å². The fourth-order valence-electron chi connectivity index (χ4n) is 3.47. The van der Waals surface area contributed by atoms with E-state index in [1.807, 2.05) is 0 Å². The number of carbonyl (C=O) groups excluding carboxylic acids is 1. The van der Waals surface area contributed by atoms with E-state index in [-0.39, 0.29) is 12.1 Å². The SMILES string of the molecule is COC(=O)C1(CC2CC(c3ccc(C(F)(F)F)cc3)=NO2)CCOCC1. The maximum atomic E-state index is 12.7. The van der Waals surface area contributed by atoms with E-state index in [0.717, 1.165) is 12.1 Å². The van der Waals surface area contributed by atoms with Crippen LogP contribution < -0.4 is 0 Å². The van der Waals surface area contributed by atoms with Gasteiger partial charge < -0.3 is 14.3 Å². The van der Waals surface area contributed by atoms with E-state index < -0.39 is 17.2 Å². The fourth-order valence-corrected chi connectivity index (χ4v) is 3.47. The summed E-state index contributed by atoms with van der Waals surface area (Å²) in [5.74, 6) is -0.285. The van der Waals surface area contributed by atoms with Gasteiger partial charge in [-0.15, -0.1) is 0 Å². The summed E-state index contributed by atoms with van der Waals surface area (Å²) in [5.41, 5.74) is -0.206. The summed E-state index contributed by atoms with van der Waals surface area (Å²) in [6, 6.07) is 4.83. The molecule has 0 saturated carbocycles. The second-order valence-electron chi connectivity index (χ2n) is 6.63. The Hall–Kier alpha value is -2.09. The minimum atomic E-state index is -4.37. The van der Waals surface area contributed by atoms with Crippen molar-refractivity contribution in [3.63, 3.8) is 0 Å². The Kier molecular flexibility index (Phi) is 5.22. The molecule has 8 heteroatoms. The van der Waals surface area contributed by atoms with Gasteiger partial charge in [-0.05, 0) is 30.5 Å². The molecular formula is C18H20F3NO4. The lowest BCUT2D eigenvalue weighted by Gasteiger charge is -2.35. The molecule has 0 spiro atoms. The monoisotopic (exact) mass is 371 g/mol. The zero-order valence-corrected chi connectivity index (χ0v) is 14.3. The zero-order valence-electron chi connectivity index (χ0n) is 14.3. The summed E-state index contributed by atoms with van der Waals surface area (Å²) in [6.07, 6.45) is -2.71. The summed E-state index contributed by atoms with van der Waals surface area (Å²) in [5, 5.41) is 4.01. The molecule has 0 amide bonds. The van der Waals surface area contributed by atoms with E-state index >= 15 is 0 Å². The van der Waals surface area contributed by atoms with E-state index in [1.165, 1.54) is 19.2 Å². The number of benzene rings is 1. The number of nitrogens with zero attached hydrogens (tertiary/aromatic N) is 1. The highest BCUT2D eigenvalue weighted by Crippen LogP contribution is 2.39. The molecule has 3 rings (SSSR count). The van der Waals surface area contributed by atoms with Crippen LogP contribution in [0.5, 0.6) is 0 Å². The number of hydrogen-bond donors (Lipinski definition) is 0. The number of methoxy groups -OCH3 is 1. The lowest BCUT2D eigenvalue weighted by atomic mass is 9.75. The van der Waals surface area contributed by atoms with Crippen molar-refractivity contribution in [2.24, 2.45) is 10.6 Å². The van der Waals surface area contributed by atoms with Gasteiger partial charge in [0.15, 0.2) is 0 Å². The number of halogens is 3. The Balaban J connectivity index is 1.66. The largest absolute Gasteiger partial charge is 0.469 e. The van der Waals surface area contributed by atoms with E-state index in [1.54, 1.807) is 0 Å². The number of esters is 1. The predicted molar refractivity (Wildman–Crippen MR) is 86.6 cm³/mol. The van der Waals surface area contributed by atoms with E-state index in [2.05, 4.69) is 5.16 Å². The highest BCUT2D eigenvalue weighted by Gasteiger charge is 2.44. The van der Waals surface area contributed by atoms with Crippen molar-refractivity contribution in [2.45, 2.75) is 38.0 Å². The van der Waals surface area contributed by atoms with Crippen molar-refractivity contribution in [1.82, 2.24) is 0 Å². The summed E-state index contributed by atoms with van der Waals surface area (Å²) >= 11 is 0. The molecule has 1 saturated heterocycles. The Morgan fingerprint density at radius 1 is 1.27 bits per heavy atom. The van der Waals surface area contributed by atoms with E-state index in [9.17, 15) is 18.0 Å². The molecule has 142 valence electrons. The molecule has 1 atom stereocenters. The molecule has 1 fully saturated rings. The smallest absolute Gasteiger partial charge is 0.416 e. The third kappa shape index (κ3) is 3.85. The van der Waals surface area contributed by atoms with E-state index in [0.29, 0.717) is 50.2 Å². The van der Waals surface area contributed by atoms with Crippen molar-refractivity contribution >= 4 is 11.7 Å². The van der Waals surface area contributed by atoms with Crippen LogP contribution in [0.25, 0.3) is 0 Å². The highest BCUT2D eigenvalue weighted by atomic mass is 19.4. The molecule has 1 unspecified atom stereocenters. The van der Waals surface area contributed by atoms with Gasteiger partial charge in [-0.1, -0.05) is 17.3 Å². The molecule has 0 radical (unpaired) electrons. The molecule has 1 aromatic carbocycles. The number of rotatable bonds is 4. The first-order valence-electron chi connectivity index (χ1n) is 8.40. The number of ether oxygens (including phenoxy) is 2. The molecule has 2 heterocycles. The van der Waals surface area contributed by atoms with Crippen molar-refractivity contribution in [3.05, 3.63) is 35.4 Å². The van der Waals surface area contributed by atoms with Gasteiger partial charge in [0.25, 0.3) is 0 Å². The first kappa shape index (κ1) is 18.7. The maximum absolute atomic E-state index is 12.7. The minimum Gasteiger partial charge on any atom is -0.469 e. The van der Waals surface area contributed by atoms with E-state index in [4.69, 9.17) is 14.3 Å². The summed E-state index contributed by atoms with van der Waals surface area (Å²) < 4.78 is 48.3. The Morgan fingerprint density at radius 3 is 2.50 bits per heavy atom. The predicted octanol–water partition coefficient (Wildman–Crippen LogP) is 3.56. The van der Waals surface area contributed by atoms with Crippen LogP contribution in [0.2, 0.25) is 0 Å². The third-order valence-corrected chi connectivity index (χ3v) is 4.97. The average Bonchev–Trinajstić information content (AvgIpc) is 3.09. The van der Waals surface area contributed by atoms with Crippen LogP contribution >= 0.6 is 0 Å². The van der Waals surface area contributed by atoms with Gasteiger partial charge in [-0.25, -0.2) is 0 Å². The highest BCUT2D eigenvalue weighted by molar-refractivity contribution is 6.01. The van der Waals surface area contributed by atoms with Gasteiger partial charge in [0.05, 0.1) is 23.8 Å². The minimum absolute atomic E-state index is 0.285. The lowest BCUT2D eigenvalue weighted by molar-refractivity contribution is -0.162. The summed E-state index contributed by atoms with van der Waals surface area (Å²) in [4.78, 5) is 17.7. The van der Waals surface area contributed by atoms with Crippen LogP contribution in [0.4, 0.5) is 13.2 Å². The second kappa shape index (κ2) is 7.26. The number of alkyl halides is 3. The maximum Gasteiger partial charge on any atom is 0.416 e. The van der Waals surface area contributed by atoms with Crippen LogP contribution in [0.1, 0.15) is 36.8 Å². The second-order valence-corrected chi connectivity index (χ2v) is 6.63. The average molecular weight is 371 g/mol. The molecule has 5 nitrogen and oxygen atoms in total. The first-order chi connectivity index (χ1) is 12.3. The molecule has 1 aromatic rings. The summed E-state index contributed by atoms with van der Waals surface area (Å²) in [6.45, 7) is 0.961. The molecular weight excluding hydrogens is 351 g/mol.